The van der Waals surface area contributed by atoms with E-state index in [-0.39, 0.29) is 24.0 Å². The second-order valence-electron chi connectivity index (χ2n) is 5.77. The summed E-state index contributed by atoms with van der Waals surface area (Å²) in [7, 11) is 4.97. The van der Waals surface area contributed by atoms with E-state index >= 15 is 0 Å². The topological polar surface area (TPSA) is 73.3 Å². The Kier molecular flexibility index (Phi) is 11.0. The molecule has 0 spiro atoms. The van der Waals surface area contributed by atoms with Crippen LogP contribution in [0.4, 0.5) is 5.69 Å². The Morgan fingerprint density at radius 3 is 2.14 bits per heavy atom. The lowest BCUT2D eigenvalue weighted by Gasteiger charge is -2.15. The molecule has 0 saturated carbocycles. The fourth-order valence-corrected chi connectivity index (χ4v) is 2.62. The number of nitrogens with zero attached hydrogens (tertiary/aromatic N) is 1. The van der Waals surface area contributed by atoms with Crippen molar-refractivity contribution < 1.29 is 18.9 Å². The fourth-order valence-electron chi connectivity index (χ4n) is 2.62. The Morgan fingerprint density at radius 1 is 0.862 bits per heavy atom. The second-order valence-corrected chi connectivity index (χ2v) is 5.77. The van der Waals surface area contributed by atoms with Crippen LogP contribution in [0, 0.1) is 0 Å². The summed E-state index contributed by atoms with van der Waals surface area (Å²) in [5.74, 6) is 3.46. The first-order chi connectivity index (χ1) is 13.6. The number of rotatable bonds is 9. The Balaban J connectivity index is 0.00000420. The van der Waals surface area contributed by atoms with Gasteiger partial charge in [0.05, 0.1) is 27.4 Å². The number of aliphatic imine (C=N–C) groups is 1. The molecular weight excluding hydrogens is 485 g/mol. The number of hydrogen-bond donors (Lipinski definition) is 2. The molecule has 0 aliphatic rings. The van der Waals surface area contributed by atoms with Crippen LogP contribution in [-0.4, -0.2) is 40.4 Å². The third-order valence-corrected chi connectivity index (χ3v) is 3.94. The molecule has 2 rings (SSSR count). The van der Waals surface area contributed by atoms with Gasteiger partial charge in [0.2, 0.25) is 0 Å². The van der Waals surface area contributed by atoms with Gasteiger partial charge in [-0.15, -0.1) is 24.0 Å². The van der Waals surface area contributed by atoms with Crippen LogP contribution in [0.15, 0.2) is 41.4 Å². The predicted octanol–water partition coefficient (Wildman–Crippen LogP) is 4.31. The zero-order chi connectivity index (χ0) is 20.4. The first-order valence-electron chi connectivity index (χ1n) is 9.23. The number of guanidine groups is 1. The summed E-state index contributed by atoms with van der Waals surface area (Å²) in [6, 6.07) is 11.5. The molecule has 0 unspecified atom stereocenters. The van der Waals surface area contributed by atoms with Gasteiger partial charge in [0.1, 0.15) is 0 Å². The van der Waals surface area contributed by atoms with Gasteiger partial charge in [0.25, 0.3) is 0 Å². The smallest absolute Gasteiger partial charge is 0.195 e. The van der Waals surface area contributed by atoms with Crippen LogP contribution in [0.1, 0.15) is 19.4 Å². The summed E-state index contributed by atoms with van der Waals surface area (Å²) < 4.78 is 21.9. The van der Waals surface area contributed by atoms with Crippen LogP contribution >= 0.6 is 24.0 Å². The normalized spacial score (nSPS) is 10.6. The van der Waals surface area contributed by atoms with Gasteiger partial charge in [-0.3, -0.25) is 4.99 Å². The van der Waals surface area contributed by atoms with Crippen LogP contribution < -0.4 is 29.6 Å². The van der Waals surface area contributed by atoms with E-state index in [0.717, 1.165) is 22.7 Å². The van der Waals surface area contributed by atoms with Gasteiger partial charge >= 0.3 is 0 Å². The minimum Gasteiger partial charge on any atom is -0.493 e. The maximum absolute atomic E-state index is 5.63. The molecular formula is C21H30IN3O4. The number of benzene rings is 2. The van der Waals surface area contributed by atoms with Crippen molar-refractivity contribution in [3.63, 3.8) is 0 Å². The summed E-state index contributed by atoms with van der Waals surface area (Å²) >= 11 is 0. The zero-order valence-electron chi connectivity index (χ0n) is 17.6. The van der Waals surface area contributed by atoms with Gasteiger partial charge in [-0.1, -0.05) is 6.07 Å². The molecule has 0 fully saturated rings. The van der Waals surface area contributed by atoms with Gasteiger partial charge in [-0.05, 0) is 43.7 Å². The van der Waals surface area contributed by atoms with Crippen LogP contribution in [0.25, 0.3) is 0 Å². The van der Waals surface area contributed by atoms with Gasteiger partial charge < -0.3 is 29.6 Å². The number of ether oxygens (including phenoxy) is 4. The van der Waals surface area contributed by atoms with E-state index in [1.54, 1.807) is 21.3 Å². The molecule has 0 saturated heterocycles. The molecule has 160 valence electrons. The molecule has 7 nitrogen and oxygen atoms in total. The van der Waals surface area contributed by atoms with E-state index < -0.39 is 0 Å². The number of nitrogens with one attached hydrogen (secondary N) is 2. The van der Waals surface area contributed by atoms with Crippen molar-refractivity contribution in [1.82, 2.24) is 5.32 Å². The van der Waals surface area contributed by atoms with Gasteiger partial charge in [-0.25, -0.2) is 0 Å². The zero-order valence-corrected chi connectivity index (χ0v) is 19.9. The maximum Gasteiger partial charge on any atom is 0.195 e. The third kappa shape index (κ3) is 7.19. The molecule has 0 aromatic heterocycles. The first-order valence-corrected chi connectivity index (χ1v) is 9.23. The molecule has 0 radical (unpaired) electrons. The Morgan fingerprint density at radius 2 is 1.52 bits per heavy atom. The first kappa shape index (κ1) is 24.7. The van der Waals surface area contributed by atoms with Crippen molar-refractivity contribution in [2.45, 2.75) is 20.4 Å². The van der Waals surface area contributed by atoms with Gasteiger partial charge in [0, 0.05) is 25.3 Å². The van der Waals surface area contributed by atoms with E-state index in [1.807, 2.05) is 50.2 Å². The van der Waals surface area contributed by atoms with Crippen LogP contribution in [-0.2, 0) is 6.54 Å². The lowest BCUT2D eigenvalue weighted by atomic mass is 10.2. The summed E-state index contributed by atoms with van der Waals surface area (Å²) in [5, 5.41) is 6.54. The lowest BCUT2D eigenvalue weighted by molar-refractivity contribution is 0.310. The van der Waals surface area contributed by atoms with Crippen molar-refractivity contribution in [3.05, 3.63) is 42.0 Å². The average Bonchev–Trinajstić information content (AvgIpc) is 2.72. The lowest BCUT2D eigenvalue weighted by Crippen LogP contribution is -2.30. The molecule has 0 aliphatic carbocycles. The predicted molar refractivity (Wildman–Crippen MR) is 128 cm³/mol. The van der Waals surface area contributed by atoms with Crippen LogP contribution in [0.5, 0.6) is 23.0 Å². The number of hydrogen-bond acceptors (Lipinski definition) is 5. The summed E-state index contributed by atoms with van der Waals surface area (Å²) in [4.78, 5) is 4.27. The number of anilines is 1. The van der Waals surface area contributed by atoms with E-state index in [4.69, 9.17) is 18.9 Å². The van der Waals surface area contributed by atoms with E-state index in [1.165, 1.54) is 0 Å². The monoisotopic (exact) mass is 515 g/mol. The third-order valence-electron chi connectivity index (χ3n) is 3.94. The van der Waals surface area contributed by atoms with Crippen molar-refractivity contribution >= 4 is 35.6 Å². The van der Waals surface area contributed by atoms with Gasteiger partial charge in [0.15, 0.2) is 29.0 Å². The molecule has 0 heterocycles. The molecule has 2 aromatic rings. The quantitative estimate of drug-likeness (QED) is 0.295. The van der Waals surface area contributed by atoms with Crippen molar-refractivity contribution in [2.75, 3.05) is 39.8 Å². The number of halogens is 1. The Hall–Kier alpha value is -2.36. The summed E-state index contributed by atoms with van der Waals surface area (Å²) in [6.07, 6.45) is 0. The maximum atomic E-state index is 5.63. The molecule has 8 heteroatoms. The van der Waals surface area contributed by atoms with E-state index in [0.29, 0.717) is 37.2 Å². The molecule has 29 heavy (non-hydrogen) atoms. The molecule has 0 atom stereocenters. The highest BCUT2D eigenvalue weighted by molar-refractivity contribution is 14.0. The largest absolute Gasteiger partial charge is 0.493 e. The fraction of sp³-hybridized carbons (Fsp3) is 0.381. The highest BCUT2D eigenvalue weighted by atomic mass is 127. The summed E-state index contributed by atoms with van der Waals surface area (Å²) in [6.45, 7) is 5.63. The Bertz CT molecular complexity index is 799. The highest BCUT2D eigenvalue weighted by Crippen LogP contribution is 2.30. The van der Waals surface area contributed by atoms with E-state index in [2.05, 4.69) is 15.6 Å². The van der Waals surface area contributed by atoms with Crippen molar-refractivity contribution in [1.29, 1.82) is 0 Å². The average molecular weight is 515 g/mol. The molecule has 0 amide bonds. The molecule has 2 aromatic carbocycles. The molecule has 2 N–H and O–H groups in total. The molecule has 0 bridgehead atoms. The minimum atomic E-state index is 0. The number of methoxy groups -OCH3 is 2. The van der Waals surface area contributed by atoms with Crippen molar-refractivity contribution in [2.24, 2.45) is 4.99 Å². The van der Waals surface area contributed by atoms with Crippen LogP contribution in [0.2, 0.25) is 0 Å². The standard InChI is InChI=1S/C21H29N3O4.HI/c1-6-27-18-11-9-16(13-19(18)26-5)24-21(22-3)23-14-15-8-10-17(25-4)20(12-15)28-7-2;/h8-13H,6-7,14H2,1-5H3,(H2,22,23,24);1H. The second kappa shape index (κ2) is 13.0. The summed E-state index contributed by atoms with van der Waals surface area (Å²) in [5.41, 5.74) is 1.90. The molecule has 0 aliphatic heterocycles. The van der Waals surface area contributed by atoms with E-state index in [9.17, 15) is 0 Å². The van der Waals surface area contributed by atoms with Gasteiger partial charge in [-0.2, -0.15) is 0 Å². The Labute approximate surface area is 189 Å². The van der Waals surface area contributed by atoms with Crippen LogP contribution in [0.3, 0.4) is 0 Å². The SMILES string of the molecule is CCOc1ccc(NC(=NC)NCc2ccc(OC)c(OCC)c2)cc1OC.I. The van der Waals surface area contributed by atoms with Crippen molar-refractivity contribution in [3.8, 4) is 23.0 Å². The minimum absolute atomic E-state index is 0. The highest BCUT2D eigenvalue weighted by Gasteiger charge is 2.08.